The van der Waals surface area contributed by atoms with Crippen molar-refractivity contribution >= 4 is 23.7 Å². The van der Waals surface area contributed by atoms with Crippen molar-refractivity contribution in [2.75, 3.05) is 11.9 Å². The summed E-state index contributed by atoms with van der Waals surface area (Å²) >= 11 is 0. The van der Waals surface area contributed by atoms with Gasteiger partial charge in [-0.1, -0.05) is 19.9 Å². The Hall–Kier alpha value is -3.23. The molecule has 0 aliphatic carbocycles. The number of carbonyl (C=O) groups excluding carboxylic acids is 3. The van der Waals surface area contributed by atoms with E-state index in [-0.39, 0.29) is 12.5 Å². The van der Waals surface area contributed by atoms with Crippen molar-refractivity contribution in [3.05, 3.63) is 42.4 Å². The molecule has 0 radical (unpaired) electrons. The van der Waals surface area contributed by atoms with Gasteiger partial charge < -0.3 is 10.6 Å². The zero-order chi connectivity index (χ0) is 19.4. The van der Waals surface area contributed by atoms with E-state index < -0.39 is 17.5 Å². The van der Waals surface area contributed by atoms with E-state index in [1.54, 1.807) is 23.1 Å². The van der Waals surface area contributed by atoms with E-state index in [0.29, 0.717) is 25.2 Å². The minimum absolute atomic E-state index is 0.347. The predicted molar refractivity (Wildman–Crippen MR) is 97.8 cm³/mol. The van der Waals surface area contributed by atoms with Gasteiger partial charge in [0.25, 0.3) is 5.91 Å². The average molecular weight is 370 g/mol. The molecule has 0 unspecified atom stereocenters. The van der Waals surface area contributed by atoms with Crippen molar-refractivity contribution in [3.63, 3.8) is 0 Å². The van der Waals surface area contributed by atoms with E-state index >= 15 is 0 Å². The molecule has 0 aromatic carbocycles. The second-order valence-electron chi connectivity index (χ2n) is 6.38. The highest BCUT2D eigenvalue weighted by atomic mass is 16.2. The molecule has 0 saturated carbocycles. The highest BCUT2D eigenvalue weighted by Gasteiger charge is 2.49. The number of anilines is 1. The minimum atomic E-state index is -0.915. The fourth-order valence-electron chi connectivity index (χ4n) is 3.05. The Morgan fingerprint density at radius 3 is 2.63 bits per heavy atom. The Bertz CT molecular complexity index is 844. The smallest absolute Gasteiger partial charge is 0.323 e. The quantitative estimate of drug-likeness (QED) is 0.716. The number of nitrogens with one attached hydrogen (secondary N) is 2. The minimum Gasteiger partial charge on any atom is -0.323 e. The van der Waals surface area contributed by atoms with Gasteiger partial charge in [-0.15, -0.1) is 0 Å². The maximum Gasteiger partial charge on any atom is 0.325 e. The van der Waals surface area contributed by atoms with E-state index in [1.165, 1.54) is 0 Å². The summed E-state index contributed by atoms with van der Waals surface area (Å²) in [6.07, 6.45) is 4.37. The molecule has 2 aromatic rings. The molecule has 9 nitrogen and oxygen atoms in total. The van der Waals surface area contributed by atoms with Gasteiger partial charge in [-0.25, -0.2) is 4.79 Å². The zero-order valence-corrected chi connectivity index (χ0v) is 15.3. The van der Waals surface area contributed by atoms with Gasteiger partial charge in [0, 0.05) is 18.5 Å². The highest BCUT2D eigenvalue weighted by molar-refractivity contribution is 6.10. The standard InChI is InChI=1S/C18H22N6O3/c1-3-18(4-2)16(26)24(17(27)21-18)12-15(25)20-14-8-10-23(22-14)11-13-7-5-6-9-19-13/h5-10H,3-4,11-12H2,1-2H3,(H,21,27)(H,20,22,25). The van der Waals surface area contributed by atoms with E-state index in [9.17, 15) is 14.4 Å². The number of aromatic nitrogens is 3. The molecule has 0 bridgehead atoms. The molecule has 1 fully saturated rings. The zero-order valence-electron chi connectivity index (χ0n) is 15.3. The lowest BCUT2D eigenvalue weighted by Crippen LogP contribution is -2.46. The number of nitrogens with zero attached hydrogens (tertiary/aromatic N) is 4. The summed E-state index contributed by atoms with van der Waals surface area (Å²) in [5.74, 6) is -0.502. The van der Waals surface area contributed by atoms with Crippen molar-refractivity contribution in [3.8, 4) is 0 Å². The van der Waals surface area contributed by atoms with Crippen LogP contribution in [0.15, 0.2) is 36.7 Å². The Morgan fingerprint density at radius 1 is 1.22 bits per heavy atom. The van der Waals surface area contributed by atoms with Crippen LogP contribution in [-0.2, 0) is 16.1 Å². The van der Waals surface area contributed by atoms with Gasteiger partial charge in [0.1, 0.15) is 12.1 Å². The molecule has 1 saturated heterocycles. The Labute approximate surface area is 156 Å². The Morgan fingerprint density at radius 2 is 2.00 bits per heavy atom. The first kappa shape index (κ1) is 18.6. The van der Waals surface area contributed by atoms with Crippen molar-refractivity contribution in [2.24, 2.45) is 0 Å². The van der Waals surface area contributed by atoms with E-state index in [1.807, 2.05) is 32.0 Å². The van der Waals surface area contributed by atoms with Crippen molar-refractivity contribution in [1.29, 1.82) is 0 Å². The van der Waals surface area contributed by atoms with E-state index in [0.717, 1.165) is 10.6 Å². The number of hydrogen-bond donors (Lipinski definition) is 2. The third-order valence-electron chi connectivity index (χ3n) is 4.71. The van der Waals surface area contributed by atoms with Crippen LogP contribution >= 0.6 is 0 Å². The molecule has 0 atom stereocenters. The number of rotatable bonds is 7. The summed E-state index contributed by atoms with van der Waals surface area (Å²) in [7, 11) is 0. The summed E-state index contributed by atoms with van der Waals surface area (Å²) in [6.45, 7) is 3.79. The van der Waals surface area contributed by atoms with Crippen molar-refractivity contribution < 1.29 is 14.4 Å². The van der Waals surface area contributed by atoms with Crippen LogP contribution in [0.2, 0.25) is 0 Å². The molecule has 9 heteroatoms. The SMILES string of the molecule is CCC1(CC)NC(=O)N(CC(=O)Nc2ccn(Cc3ccccn3)n2)C1=O. The second-order valence-corrected chi connectivity index (χ2v) is 6.38. The van der Waals surface area contributed by atoms with Crippen LogP contribution in [0.5, 0.6) is 0 Å². The van der Waals surface area contributed by atoms with Crippen LogP contribution in [0.3, 0.4) is 0 Å². The average Bonchev–Trinajstić information content (AvgIpc) is 3.20. The molecule has 27 heavy (non-hydrogen) atoms. The van der Waals surface area contributed by atoms with E-state index in [4.69, 9.17) is 0 Å². The van der Waals surface area contributed by atoms with Gasteiger partial charge in [0.05, 0.1) is 12.2 Å². The van der Waals surface area contributed by atoms with Crippen LogP contribution in [0.1, 0.15) is 32.4 Å². The molecule has 4 amide bonds. The molecular weight excluding hydrogens is 348 g/mol. The summed E-state index contributed by atoms with van der Waals surface area (Å²) in [5, 5.41) is 9.57. The van der Waals surface area contributed by atoms with Gasteiger partial charge in [-0.2, -0.15) is 5.10 Å². The molecule has 1 aliphatic rings. The van der Waals surface area contributed by atoms with Gasteiger partial charge in [0.15, 0.2) is 5.82 Å². The van der Waals surface area contributed by atoms with Crippen LogP contribution < -0.4 is 10.6 Å². The van der Waals surface area contributed by atoms with Crippen molar-refractivity contribution in [1.82, 2.24) is 25.0 Å². The fourth-order valence-corrected chi connectivity index (χ4v) is 3.05. The number of urea groups is 1. The van der Waals surface area contributed by atoms with Crippen LogP contribution in [0.25, 0.3) is 0 Å². The monoisotopic (exact) mass is 370 g/mol. The van der Waals surface area contributed by atoms with Crippen molar-refractivity contribution in [2.45, 2.75) is 38.8 Å². The van der Waals surface area contributed by atoms with Gasteiger partial charge in [-0.05, 0) is 25.0 Å². The lowest BCUT2D eigenvalue weighted by atomic mass is 9.93. The Kier molecular flexibility index (Phi) is 5.20. The molecular formula is C18H22N6O3. The lowest BCUT2D eigenvalue weighted by molar-refractivity contribution is -0.134. The first-order chi connectivity index (χ1) is 13.0. The van der Waals surface area contributed by atoms with Crippen LogP contribution in [-0.4, -0.2) is 49.6 Å². The molecule has 3 heterocycles. The maximum atomic E-state index is 12.5. The fraction of sp³-hybridized carbons (Fsp3) is 0.389. The predicted octanol–water partition coefficient (Wildman–Crippen LogP) is 1.38. The number of hydrogen-bond acceptors (Lipinski definition) is 5. The number of carbonyl (C=O) groups is 3. The van der Waals surface area contributed by atoms with E-state index in [2.05, 4.69) is 20.7 Å². The Balaban J connectivity index is 1.60. The molecule has 142 valence electrons. The topological polar surface area (TPSA) is 109 Å². The number of amides is 4. The highest BCUT2D eigenvalue weighted by Crippen LogP contribution is 2.24. The van der Waals surface area contributed by atoms with Gasteiger partial charge in [0.2, 0.25) is 5.91 Å². The first-order valence-electron chi connectivity index (χ1n) is 8.84. The normalized spacial score (nSPS) is 15.7. The van der Waals surface area contributed by atoms with Crippen LogP contribution in [0.4, 0.5) is 10.6 Å². The number of pyridine rings is 1. The molecule has 1 aliphatic heterocycles. The molecule has 2 aromatic heterocycles. The third kappa shape index (κ3) is 3.81. The first-order valence-corrected chi connectivity index (χ1v) is 8.84. The maximum absolute atomic E-state index is 12.5. The second kappa shape index (κ2) is 7.56. The summed E-state index contributed by atoms with van der Waals surface area (Å²) < 4.78 is 1.64. The number of imide groups is 1. The van der Waals surface area contributed by atoms with Gasteiger partial charge >= 0.3 is 6.03 Å². The summed E-state index contributed by atoms with van der Waals surface area (Å²) in [6, 6.07) is 6.71. The molecule has 0 spiro atoms. The molecule has 2 N–H and O–H groups in total. The lowest BCUT2D eigenvalue weighted by Gasteiger charge is -2.22. The summed E-state index contributed by atoms with van der Waals surface area (Å²) in [4.78, 5) is 42.1. The summed E-state index contributed by atoms with van der Waals surface area (Å²) in [5.41, 5.74) is -0.0741. The molecule has 3 rings (SSSR count). The van der Waals surface area contributed by atoms with Gasteiger partial charge in [-0.3, -0.25) is 24.2 Å². The third-order valence-corrected chi connectivity index (χ3v) is 4.71. The largest absolute Gasteiger partial charge is 0.325 e. The van der Waals surface area contributed by atoms with Crippen LogP contribution in [0, 0.1) is 0 Å².